The number of aryl methyl sites for hydroxylation is 1. The van der Waals surface area contributed by atoms with E-state index < -0.39 is 0 Å². The molecule has 0 aliphatic carbocycles. The van der Waals surface area contributed by atoms with Crippen LogP contribution in [-0.2, 0) is 6.54 Å². The van der Waals surface area contributed by atoms with Crippen LogP contribution in [0.5, 0.6) is 0 Å². The van der Waals surface area contributed by atoms with Crippen LogP contribution in [0.15, 0.2) is 58.7 Å². The van der Waals surface area contributed by atoms with Gasteiger partial charge in [0.15, 0.2) is 5.69 Å². The van der Waals surface area contributed by atoms with Gasteiger partial charge in [-0.25, -0.2) is 9.67 Å². The Balaban J connectivity index is 1.72. The van der Waals surface area contributed by atoms with Crippen LogP contribution < -0.4 is 10.9 Å². The third-order valence-electron chi connectivity index (χ3n) is 4.66. The lowest BCUT2D eigenvalue weighted by Gasteiger charge is -2.13. The van der Waals surface area contributed by atoms with Crippen LogP contribution in [-0.4, -0.2) is 20.7 Å². The topological polar surface area (TPSA) is 76.9 Å². The average Bonchev–Trinajstić information content (AvgIpc) is 3.16. The number of fused-ring (bicyclic) bond motifs is 1. The van der Waals surface area contributed by atoms with E-state index >= 15 is 0 Å². The summed E-state index contributed by atoms with van der Waals surface area (Å²) in [5.74, 6) is -0.124. The number of benzene rings is 2. The number of nitrogens with one attached hydrogen (secondary N) is 1. The van der Waals surface area contributed by atoms with Gasteiger partial charge in [-0.3, -0.25) is 9.59 Å². The van der Waals surface area contributed by atoms with Gasteiger partial charge >= 0.3 is 0 Å². The molecule has 0 radical (unpaired) electrons. The molecule has 2 heterocycles. The molecule has 0 spiro atoms. The summed E-state index contributed by atoms with van der Waals surface area (Å²) in [7, 11) is 0. The van der Waals surface area contributed by atoms with E-state index in [2.05, 4.69) is 15.4 Å². The highest BCUT2D eigenvalue weighted by atomic mass is 32.1. The van der Waals surface area contributed by atoms with Gasteiger partial charge in [0, 0.05) is 28.6 Å². The maximum atomic E-state index is 13.1. The van der Waals surface area contributed by atoms with Gasteiger partial charge in [0.2, 0.25) is 0 Å². The van der Waals surface area contributed by atoms with E-state index in [1.807, 2.05) is 50.4 Å². The van der Waals surface area contributed by atoms with Crippen molar-refractivity contribution in [1.29, 1.82) is 0 Å². The number of carbonyl (C=O) groups is 1. The summed E-state index contributed by atoms with van der Waals surface area (Å²) >= 11 is 1.58. The third kappa shape index (κ3) is 4.02. The molecule has 6 nitrogen and oxygen atoms in total. The fourth-order valence-corrected chi connectivity index (χ4v) is 3.94. The Bertz CT molecular complexity index is 1290. The van der Waals surface area contributed by atoms with Crippen molar-refractivity contribution in [3.63, 3.8) is 0 Å². The Morgan fingerprint density at radius 3 is 2.60 bits per heavy atom. The summed E-state index contributed by atoms with van der Waals surface area (Å²) in [5, 5.41) is 11.3. The van der Waals surface area contributed by atoms with Crippen molar-refractivity contribution in [2.24, 2.45) is 5.92 Å². The van der Waals surface area contributed by atoms with Crippen molar-refractivity contribution < 1.29 is 4.79 Å². The molecule has 1 amide bonds. The Labute approximate surface area is 178 Å². The van der Waals surface area contributed by atoms with E-state index in [-0.39, 0.29) is 23.1 Å². The first-order valence-electron chi connectivity index (χ1n) is 9.76. The first-order valence-corrected chi connectivity index (χ1v) is 10.6. The van der Waals surface area contributed by atoms with Gasteiger partial charge in [-0.2, -0.15) is 5.10 Å². The van der Waals surface area contributed by atoms with Crippen LogP contribution in [0.1, 0.15) is 29.3 Å². The van der Waals surface area contributed by atoms with Gasteiger partial charge in [-0.15, -0.1) is 11.3 Å². The zero-order valence-electron chi connectivity index (χ0n) is 17.0. The fourth-order valence-electron chi connectivity index (χ4n) is 3.32. The molecule has 0 aliphatic heterocycles. The first-order chi connectivity index (χ1) is 14.4. The molecule has 0 atom stereocenters. The molecular weight excluding hydrogens is 396 g/mol. The summed E-state index contributed by atoms with van der Waals surface area (Å²) in [6.07, 6.45) is 0. The highest BCUT2D eigenvalue weighted by Gasteiger charge is 2.17. The SMILES string of the molecule is Cc1nc(-c2cccc(NC(=O)c3nn(CC(C)C)c(=O)c4ccccc34)c2)cs1. The molecule has 0 fully saturated rings. The van der Waals surface area contributed by atoms with Crippen molar-refractivity contribution in [3.05, 3.63) is 75.0 Å². The van der Waals surface area contributed by atoms with Gasteiger partial charge in [-0.05, 0) is 31.0 Å². The second-order valence-electron chi connectivity index (χ2n) is 7.56. The highest BCUT2D eigenvalue weighted by Crippen LogP contribution is 2.25. The molecule has 152 valence electrons. The van der Waals surface area contributed by atoms with Crippen molar-refractivity contribution in [2.45, 2.75) is 27.3 Å². The van der Waals surface area contributed by atoms with Crippen LogP contribution in [0.4, 0.5) is 5.69 Å². The minimum absolute atomic E-state index is 0.184. The largest absolute Gasteiger partial charge is 0.321 e. The highest BCUT2D eigenvalue weighted by molar-refractivity contribution is 7.09. The molecule has 2 aromatic heterocycles. The molecule has 30 heavy (non-hydrogen) atoms. The molecule has 0 unspecified atom stereocenters. The quantitative estimate of drug-likeness (QED) is 0.508. The minimum Gasteiger partial charge on any atom is -0.321 e. The molecule has 0 saturated heterocycles. The molecule has 0 saturated carbocycles. The van der Waals surface area contributed by atoms with Gasteiger partial charge in [0.05, 0.1) is 16.1 Å². The smallest absolute Gasteiger partial charge is 0.276 e. The summed E-state index contributed by atoms with van der Waals surface area (Å²) < 4.78 is 1.39. The number of nitrogens with zero attached hydrogens (tertiary/aromatic N) is 3. The van der Waals surface area contributed by atoms with Gasteiger partial charge in [0.1, 0.15) is 0 Å². The number of hydrogen-bond donors (Lipinski definition) is 1. The number of aromatic nitrogens is 3. The van der Waals surface area contributed by atoms with Gasteiger partial charge in [0.25, 0.3) is 11.5 Å². The van der Waals surface area contributed by atoms with Crippen molar-refractivity contribution in [1.82, 2.24) is 14.8 Å². The van der Waals surface area contributed by atoms with Crippen LogP contribution in [0, 0.1) is 12.8 Å². The van der Waals surface area contributed by atoms with Crippen LogP contribution in [0.3, 0.4) is 0 Å². The van der Waals surface area contributed by atoms with Crippen LogP contribution in [0.25, 0.3) is 22.0 Å². The number of amides is 1. The fraction of sp³-hybridized carbons (Fsp3) is 0.217. The zero-order valence-corrected chi connectivity index (χ0v) is 17.9. The standard InChI is InChI=1S/C23H22N4O2S/c1-14(2)12-27-23(29)19-10-5-4-9-18(19)21(26-27)22(28)25-17-8-6-7-16(11-17)20-13-30-15(3)24-20/h4-11,13-14H,12H2,1-3H3,(H,25,28). The predicted molar refractivity (Wildman–Crippen MR) is 121 cm³/mol. The van der Waals surface area contributed by atoms with E-state index in [1.165, 1.54) is 4.68 Å². The summed E-state index contributed by atoms with van der Waals surface area (Å²) in [5.41, 5.74) is 2.51. The van der Waals surface area contributed by atoms with Gasteiger partial charge in [-0.1, -0.05) is 44.2 Å². The Morgan fingerprint density at radius 2 is 1.90 bits per heavy atom. The van der Waals surface area contributed by atoms with E-state index in [4.69, 9.17) is 0 Å². The molecule has 2 aromatic carbocycles. The van der Waals surface area contributed by atoms with E-state index in [9.17, 15) is 9.59 Å². The number of anilines is 1. The average molecular weight is 419 g/mol. The van der Waals surface area contributed by atoms with Crippen molar-refractivity contribution in [3.8, 4) is 11.3 Å². The number of thiazole rings is 1. The Kier molecular flexibility index (Phi) is 5.46. The molecule has 1 N–H and O–H groups in total. The lowest BCUT2D eigenvalue weighted by Crippen LogP contribution is -2.29. The molecular formula is C23H22N4O2S. The van der Waals surface area contributed by atoms with E-state index in [1.54, 1.807) is 35.6 Å². The van der Waals surface area contributed by atoms with Gasteiger partial charge < -0.3 is 5.32 Å². The first kappa shape index (κ1) is 20.0. The molecule has 4 rings (SSSR count). The Morgan fingerprint density at radius 1 is 1.13 bits per heavy atom. The lowest BCUT2D eigenvalue weighted by atomic mass is 10.1. The molecule has 4 aromatic rings. The number of hydrogen-bond acceptors (Lipinski definition) is 5. The Hall–Kier alpha value is -3.32. The monoisotopic (exact) mass is 418 g/mol. The second kappa shape index (κ2) is 8.20. The minimum atomic E-state index is -0.352. The van der Waals surface area contributed by atoms with E-state index in [0.29, 0.717) is 23.0 Å². The number of carbonyl (C=O) groups excluding carboxylic acids is 1. The van der Waals surface area contributed by atoms with Crippen molar-refractivity contribution in [2.75, 3.05) is 5.32 Å². The maximum absolute atomic E-state index is 13.1. The van der Waals surface area contributed by atoms with E-state index in [0.717, 1.165) is 16.3 Å². The molecule has 0 aliphatic rings. The number of rotatable bonds is 5. The summed E-state index contributed by atoms with van der Waals surface area (Å²) in [6.45, 7) is 6.43. The predicted octanol–water partition coefficient (Wildman–Crippen LogP) is 4.74. The summed E-state index contributed by atoms with van der Waals surface area (Å²) in [4.78, 5) is 30.4. The zero-order chi connectivity index (χ0) is 21.3. The maximum Gasteiger partial charge on any atom is 0.276 e. The second-order valence-corrected chi connectivity index (χ2v) is 8.62. The van der Waals surface area contributed by atoms with Crippen LogP contribution >= 0.6 is 11.3 Å². The molecule has 7 heteroatoms. The normalized spacial score (nSPS) is 11.2. The van der Waals surface area contributed by atoms with Crippen molar-refractivity contribution >= 4 is 33.7 Å². The summed E-state index contributed by atoms with van der Waals surface area (Å²) in [6, 6.07) is 14.6. The van der Waals surface area contributed by atoms with Crippen LogP contribution in [0.2, 0.25) is 0 Å². The third-order valence-corrected chi connectivity index (χ3v) is 5.43. The molecule has 0 bridgehead atoms. The lowest BCUT2D eigenvalue weighted by molar-refractivity contribution is 0.102.